The number of hydrogen-bond acceptors (Lipinski definition) is 4. The number of nitrogens with zero attached hydrogens (tertiary/aromatic N) is 1. The first-order chi connectivity index (χ1) is 9.06. The van der Waals surface area contributed by atoms with Crippen molar-refractivity contribution in [3.8, 4) is 0 Å². The smallest absolute Gasteiger partial charge is 0.371 e. The van der Waals surface area contributed by atoms with Crippen LogP contribution in [0.4, 0.5) is 0 Å². The summed E-state index contributed by atoms with van der Waals surface area (Å²) in [4.78, 5) is 13.0. The molecule has 0 aliphatic rings. The van der Waals surface area contributed by atoms with Crippen LogP contribution in [-0.2, 0) is 5.75 Å². The molecule has 1 N–H and O–H groups in total. The molecule has 1 aromatic heterocycles. The maximum absolute atomic E-state index is 10.8. The van der Waals surface area contributed by atoms with Gasteiger partial charge in [0.05, 0.1) is 0 Å². The standard InChI is InChI=1S/C14H17NO3S/c1-15(2)5-6-19-9-10-3-4-12-11(7-10)8-13(18-12)14(16)17/h3-4,7-8H,5-6,9H2,1-2H3,(H,16,17). The summed E-state index contributed by atoms with van der Waals surface area (Å²) in [5, 5.41) is 9.73. The van der Waals surface area contributed by atoms with E-state index in [1.807, 2.05) is 30.0 Å². The van der Waals surface area contributed by atoms with Gasteiger partial charge < -0.3 is 14.4 Å². The molecule has 0 spiro atoms. The fraction of sp³-hybridized carbons (Fsp3) is 0.357. The van der Waals surface area contributed by atoms with Crippen LogP contribution < -0.4 is 0 Å². The monoisotopic (exact) mass is 279 g/mol. The summed E-state index contributed by atoms with van der Waals surface area (Å²) >= 11 is 1.87. The Morgan fingerprint density at radius 3 is 2.84 bits per heavy atom. The van der Waals surface area contributed by atoms with E-state index < -0.39 is 5.97 Å². The Hall–Kier alpha value is -1.46. The highest BCUT2D eigenvalue weighted by atomic mass is 32.2. The molecule has 0 atom stereocenters. The second-order valence-electron chi connectivity index (χ2n) is 4.64. The highest BCUT2D eigenvalue weighted by Gasteiger charge is 2.10. The number of fused-ring (bicyclic) bond motifs is 1. The lowest BCUT2D eigenvalue weighted by Gasteiger charge is -2.08. The summed E-state index contributed by atoms with van der Waals surface area (Å²) in [5.74, 6) is 0.972. The zero-order chi connectivity index (χ0) is 13.8. The Labute approximate surface area is 116 Å². The lowest BCUT2D eigenvalue weighted by atomic mass is 10.2. The van der Waals surface area contributed by atoms with Crippen LogP contribution in [0.5, 0.6) is 0 Å². The predicted molar refractivity (Wildman–Crippen MR) is 77.9 cm³/mol. The normalized spacial score (nSPS) is 11.3. The van der Waals surface area contributed by atoms with Gasteiger partial charge in [0.15, 0.2) is 0 Å². The molecule has 0 amide bonds. The second-order valence-corrected chi connectivity index (χ2v) is 5.75. The van der Waals surface area contributed by atoms with Gasteiger partial charge in [-0.1, -0.05) is 6.07 Å². The van der Waals surface area contributed by atoms with Crippen LogP contribution in [0.2, 0.25) is 0 Å². The zero-order valence-electron chi connectivity index (χ0n) is 11.0. The van der Waals surface area contributed by atoms with Gasteiger partial charge in [-0.2, -0.15) is 11.8 Å². The van der Waals surface area contributed by atoms with Gasteiger partial charge in [0, 0.05) is 23.4 Å². The van der Waals surface area contributed by atoms with Crippen LogP contribution in [0.15, 0.2) is 28.7 Å². The van der Waals surface area contributed by atoms with Crippen LogP contribution in [-0.4, -0.2) is 42.4 Å². The molecule has 0 saturated heterocycles. The van der Waals surface area contributed by atoms with Gasteiger partial charge in [0.25, 0.3) is 0 Å². The lowest BCUT2D eigenvalue weighted by Crippen LogP contribution is -2.14. The predicted octanol–water partition coefficient (Wildman–Crippen LogP) is 2.93. The first-order valence-corrected chi connectivity index (χ1v) is 7.20. The van der Waals surface area contributed by atoms with Crippen LogP contribution >= 0.6 is 11.8 Å². The van der Waals surface area contributed by atoms with Gasteiger partial charge in [-0.3, -0.25) is 0 Å². The van der Waals surface area contributed by atoms with Crippen molar-refractivity contribution in [1.82, 2.24) is 4.90 Å². The van der Waals surface area contributed by atoms with Gasteiger partial charge in [-0.15, -0.1) is 0 Å². The maximum atomic E-state index is 10.8. The van der Waals surface area contributed by atoms with E-state index in [0.29, 0.717) is 5.58 Å². The maximum Gasteiger partial charge on any atom is 0.371 e. The van der Waals surface area contributed by atoms with Crippen LogP contribution in [0, 0.1) is 0 Å². The van der Waals surface area contributed by atoms with E-state index in [0.717, 1.165) is 23.4 Å². The van der Waals surface area contributed by atoms with Gasteiger partial charge in [-0.05, 0) is 37.9 Å². The Morgan fingerprint density at radius 1 is 1.37 bits per heavy atom. The molecule has 5 heteroatoms. The number of thioether (sulfide) groups is 1. The minimum Gasteiger partial charge on any atom is -0.475 e. The zero-order valence-corrected chi connectivity index (χ0v) is 11.9. The Balaban J connectivity index is 2.02. The summed E-state index contributed by atoms with van der Waals surface area (Å²) in [6.45, 7) is 1.06. The first kappa shape index (κ1) is 14.0. The number of rotatable bonds is 6. The summed E-state index contributed by atoms with van der Waals surface area (Å²) < 4.78 is 5.23. The number of hydrogen-bond donors (Lipinski definition) is 1. The first-order valence-electron chi connectivity index (χ1n) is 6.04. The number of aromatic carboxylic acids is 1. The van der Waals surface area contributed by atoms with Crippen molar-refractivity contribution >= 4 is 28.7 Å². The minimum atomic E-state index is -1.03. The van der Waals surface area contributed by atoms with E-state index in [1.165, 1.54) is 5.56 Å². The molecule has 0 bridgehead atoms. The second kappa shape index (κ2) is 6.12. The van der Waals surface area contributed by atoms with Crippen molar-refractivity contribution in [1.29, 1.82) is 0 Å². The molecule has 19 heavy (non-hydrogen) atoms. The fourth-order valence-electron chi connectivity index (χ4n) is 1.73. The van der Waals surface area contributed by atoms with Gasteiger partial charge in [0.1, 0.15) is 5.58 Å². The lowest BCUT2D eigenvalue weighted by molar-refractivity contribution is 0.0665. The third kappa shape index (κ3) is 3.75. The van der Waals surface area contributed by atoms with Gasteiger partial charge >= 0.3 is 5.97 Å². The minimum absolute atomic E-state index is 0.00703. The molecule has 2 aromatic rings. The average Bonchev–Trinajstić information content (AvgIpc) is 2.77. The van der Waals surface area contributed by atoms with Gasteiger partial charge in [0.2, 0.25) is 5.76 Å². The topological polar surface area (TPSA) is 53.7 Å². The molecular weight excluding hydrogens is 262 g/mol. The molecule has 1 aromatic carbocycles. The van der Waals surface area contributed by atoms with Crippen molar-refractivity contribution in [2.75, 3.05) is 26.4 Å². The van der Waals surface area contributed by atoms with E-state index in [9.17, 15) is 4.79 Å². The van der Waals surface area contributed by atoms with Crippen molar-refractivity contribution in [3.63, 3.8) is 0 Å². The molecule has 0 radical (unpaired) electrons. The summed E-state index contributed by atoms with van der Waals surface area (Å²) in [7, 11) is 4.12. The molecular formula is C14H17NO3S. The number of benzene rings is 1. The third-order valence-corrected chi connectivity index (χ3v) is 3.75. The average molecular weight is 279 g/mol. The molecule has 0 aliphatic carbocycles. The quantitative estimate of drug-likeness (QED) is 0.824. The summed E-state index contributed by atoms with van der Waals surface area (Å²) in [6, 6.07) is 7.39. The van der Waals surface area contributed by atoms with Crippen LogP contribution in [0.25, 0.3) is 11.0 Å². The summed E-state index contributed by atoms with van der Waals surface area (Å²) in [5.41, 5.74) is 1.81. The molecule has 0 saturated carbocycles. The third-order valence-electron chi connectivity index (χ3n) is 2.74. The Kier molecular flexibility index (Phi) is 4.50. The molecule has 4 nitrogen and oxygen atoms in total. The van der Waals surface area contributed by atoms with Crippen LogP contribution in [0.3, 0.4) is 0 Å². The molecule has 2 rings (SSSR count). The van der Waals surface area contributed by atoms with Crippen molar-refractivity contribution in [2.24, 2.45) is 0 Å². The van der Waals surface area contributed by atoms with E-state index in [2.05, 4.69) is 19.0 Å². The largest absolute Gasteiger partial charge is 0.475 e. The van der Waals surface area contributed by atoms with Crippen molar-refractivity contribution in [3.05, 3.63) is 35.6 Å². The highest BCUT2D eigenvalue weighted by molar-refractivity contribution is 7.98. The van der Waals surface area contributed by atoms with E-state index in [-0.39, 0.29) is 5.76 Å². The highest BCUT2D eigenvalue weighted by Crippen LogP contribution is 2.23. The molecule has 0 fully saturated rings. The van der Waals surface area contributed by atoms with E-state index >= 15 is 0 Å². The fourth-order valence-corrected chi connectivity index (χ4v) is 2.78. The molecule has 0 unspecified atom stereocenters. The SMILES string of the molecule is CN(C)CCSCc1ccc2oc(C(=O)O)cc2c1. The number of carboxylic acids is 1. The van der Waals surface area contributed by atoms with Crippen molar-refractivity contribution < 1.29 is 14.3 Å². The van der Waals surface area contributed by atoms with Crippen molar-refractivity contribution in [2.45, 2.75) is 5.75 Å². The van der Waals surface area contributed by atoms with Gasteiger partial charge in [-0.25, -0.2) is 4.79 Å². The van der Waals surface area contributed by atoms with E-state index in [1.54, 1.807) is 6.07 Å². The summed E-state index contributed by atoms with van der Waals surface area (Å²) in [6.07, 6.45) is 0. The number of carboxylic acid groups (broad SMARTS) is 1. The molecule has 102 valence electrons. The number of furan rings is 1. The van der Waals surface area contributed by atoms with Crippen LogP contribution in [0.1, 0.15) is 16.1 Å². The molecule has 1 heterocycles. The molecule has 0 aliphatic heterocycles. The Bertz CT molecular complexity index is 577. The number of carbonyl (C=O) groups is 1. The van der Waals surface area contributed by atoms with E-state index in [4.69, 9.17) is 9.52 Å². The Morgan fingerprint density at radius 2 is 2.16 bits per heavy atom.